The van der Waals surface area contributed by atoms with Crippen LogP contribution in [0.5, 0.6) is 0 Å². The Morgan fingerprint density at radius 1 is 0.633 bits per heavy atom. The van der Waals surface area contributed by atoms with E-state index in [4.69, 9.17) is 25.3 Å². The van der Waals surface area contributed by atoms with Gasteiger partial charge in [0.2, 0.25) is 0 Å². The van der Waals surface area contributed by atoms with Crippen molar-refractivity contribution in [2.24, 2.45) is 21.7 Å². The predicted octanol–water partition coefficient (Wildman–Crippen LogP) is 7.99. The fourth-order valence-corrected chi connectivity index (χ4v) is 9.32. The second-order valence-electron chi connectivity index (χ2n) is 11.8. The zero-order chi connectivity index (χ0) is 24.8. The predicted molar refractivity (Wildman–Crippen MR) is 164 cm³/mol. The maximum atomic E-state index is 17.2. The van der Waals surface area contributed by atoms with Crippen molar-refractivity contribution in [3.63, 3.8) is 0 Å². The van der Waals surface area contributed by atoms with E-state index in [1.54, 1.807) is 0 Å². The van der Waals surface area contributed by atoms with Crippen LogP contribution in [-0.2, 0) is 0 Å². The van der Waals surface area contributed by atoms with Gasteiger partial charge >= 0.3 is 0 Å². The summed E-state index contributed by atoms with van der Waals surface area (Å²) in [6, 6.07) is 0. The third kappa shape index (κ3) is 4.75. The van der Waals surface area contributed by atoms with Gasteiger partial charge in [-0.15, -0.1) is 37.0 Å². The van der Waals surface area contributed by atoms with Crippen LogP contribution in [0, 0.1) is 21.7 Å². The van der Waals surface area contributed by atoms with Gasteiger partial charge in [-0.25, -0.2) is 4.39 Å². The third-order valence-electron chi connectivity index (χ3n) is 9.09. The van der Waals surface area contributed by atoms with E-state index in [0.29, 0.717) is 11.5 Å². The normalized spacial score (nSPS) is 21.0. The molecule has 0 radical (unpaired) electrons. The average molecular weight is 553 g/mol. The van der Waals surface area contributed by atoms with Gasteiger partial charge in [-0.1, -0.05) is 84.9 Å². The Morgan fingerprint density at radius 3 is 1.27 bits per heavy atom. The van der Waals surface area contributed by atoms with E-state index in [-0.39, 0.29) is 20.9 Å². The Bertz CT molecular complexity index is 599. The smallest absolute Gasteiger partial charge is 0.135 e. The second-order valence-corrected chi connectivity index (χ2v) is 18.2. The van der Waals surface area contributed by atoms with Gasteiger partial charge in [-0.2, -0.15) is 25.3 Å². The van der Waals surface area contributed by atoms with Gasteiger partial charge in [0.25, 0.3) is 0 Å². The molecule has 0 bridgehead atoms. The highest BCUT2D eigenvalue weighted by molar-refractivity contribution is 7.80. The minimum atomic E-state index is -1.57. The van der Waals surface area contributed by atoms with Crippen LogP contribution in [0.2, 0.25) is 0 Å². The van der Waals surface area contributed by atoms with Crippen LogP contribution < -0.4 is 0 Å². The quantitative estimate of drug-likeness (QED) is 0.188. The molecule has 30 heavy (non-hydrogen) atoms. The first-order valence-corrected chi connectivity index (χ1v) is 14.9. The molecule has 0 saturated carbocycles. The summed E-state index contributed by atoms with van der Waals surface area (Å²) in [7, 11) is 14.5. The minimum absolute atomic E-state index is 0.00359. The lowest BCUT2D eigenvalue weighted by Gasteiger charge is -2.68. The zero-order valence-corrected chi connectivity index (χ0v) is 28.5. The average Bonchev–Trinajstić information content (AvgIpc) is 2.57. The molecule has 8 heteroatoms. The lowest BCUT2D eigenvalue weighted by atomic mass is 9.50. The summed E-state index contributed by atoms with van der Waals surface area (Å²) in [4.78, 5) is -0.379. The van der Waals surface area contributed by atoms with Crippen LogP contribution in [0.3, 0.4) is 0 Å². The van der Waals surface area contributed by atoms with Gasteiger partial charge in [0.05, 0.1) is 0 Å². The Balaban J connectivity index is 7.00. The van der Waals surface area contributed by atoms with Gasteiger partial charge < -0.3 is 0 Å². The van der Waals surface area contributed by atoms with Crippen molar-refractivity contribution < 1.29 is 4.39 Å². The number of hydrogen-bond acceptors (Lipinski definition) is 2. The third-order valence-corrected chi connectivity index (χ3v) is 17.0. The van der Waals surface area contributed by atoms with Gasteiger partial charge in [0.1, 0.15) is 5.41 Å². The van der Waals surface area contributed by atoms with Crippen LogP contribution >= 0.6 is 71.5 Å². The molecule has 0 aromatic rings. The Hall–Kier alpha value is 2.78. The first-order chi connectivity index (χ1) is 12.9. The molecule has 8 unspecified atom stereocenters. The van der Waals surface area contributed by atoms with E-state index in [1.807, 2.05) is 13.8 Å². The van der Waals surface area contributed by atoms with E-state index >= 15 is 4.39 Å². The monoisotopic (exact) mass is 552 g/mol. The molecule has 0 amide bonds. The minimum Gasteiger partial charge on any atom is -0.238 e. The fraction of sp³-hybridized carbons (Fsp3) is 1.00. The summed E-state index contributed by atoms with van der Waals surface area (Å²) in [5, 5.41) is -2.32. The topological polar surface area (TPSA) is 0 Å². The Labute approximate surface area is 211 Å². The largest absolute Gasteiger partial charge is 0.238 e. The molecule has 0 rings (SSSR count). The molecule has 0 saturated heterocycles. The first kappa shape index (κ1) is 32.8. The van der Waals surface area contributed by atoms with Gasteiger partial charge in [-0.3, -0.25) is 0 Å². The molecule has 0 fully saturated rings. The Kier molecular flexibility index (Phi) is 11.0. The van der Waals surface area contributed by atoms with Gasteiger partial charge in [0, 0.05) is 37.5 Å². The lowest BCUT2D eigenvalue weighted by Crippen LogP contribution is -2.70. The highest BCUT2D eigenvalue weighted by Crippen LogP contribution is 2.71. The van der Waals surface area contributed by atoms with Crippen LogP contribution in [-0.4, -0.2) is 32.1 Å². The number of halogens is 1. The molecular weight excluding hydrogens is 502 g/mol. The number of thiol groups is 2. The summed E-state index contributed by atoms with van der Waals surface area (Å²) in [6.45, 7) is 21.7. The van der Waals surface area contributed by atoms with Crippen molar-refractivity contribution in [1.82, 2.24) is 0 Å². The highest BCUT2D eigenvalue weighted by Gasteiger charge is 2.69. The molecule has 0 aromatic carbocycles. The van der Waals surface area contributed by atoms with Crippen molar-refractivity contribution in [2.45, 2.75) is 103 Å². The van der Waals surface area contributed by atoms with Crippen molar-refractivity contribution in [1.29, 1.82) is 0 Å². The molecule has 0 aliphatic heterocycles. The fourth-order valence-electron chi connectivity index (χ4n) is 5.18. The van der Waals surface area contributed by atoms with Crippen molar-refractivity contribution in [3.05, 3.63) is 0 Å². The maximum Gasteiger partial charge on any atom is 0.135 e. The first-order valence-electron chi connectivity index (χ1n) is 10.8. The lowest BCUT2D eigenvalue weighted by molar-refractivity contribution is -0.0702. The molecule has 182 valence electrons. The second kappa shape index (κ2) is 10.0. The molecule has 0 aromatic heterocycles. The Morgan fingerprint density at radius 2 is 1.00 bits per heavy atom. The summed E-state index contributed by atoms with van der Waals surface area (Å²) < 4.78 is 17.2. The molecule has 0 N–H and O–H groups in total. The summed E-state index contributed by atoms with van der Waals surface area (Å²) in [5.74, 6) is 1.24. The molecule has 0 heterocycles. The molecule has 0 nitrogen and oxygen atoms in total. The van der Waals surface area contributed by atoms with Crippen LogP contribution in [0.4, 0.5) is 4.39 Å². The molecule has 8 atom stereocenters. The highest BCUT2D eigenvalue weighted by atomic mass is 32.1. The number of alkyl halides is 1. The maximum absolute atomic E-state index is 17.2. The van der Waals surface area contributed by atoms with Crippen molar-refractivity contribution in [3.8, 4) is 0 Å². The van der Waals surface area contributed by atoms with E-state index in [2.05, 4.69) is 102 Å². The standard InChI is InChI=1S/C22H50FP5S2/c1-11-12-15(2,3)20(26,13-29)17(6,7)21(27,14-30)18(8,9)22(23,28)16(4,5)19(10,24)25/h29-30H,11-14,24-28H2,1-10H3. The van der Waals surface area contributed by atoms with Crippen molar-refractivity contribution >= 4 is 71.5 Å². The van der Waals surface area contributed by atoms with E-state index < -0.39 is 21.4 Å². The van der Waals surface area contributed by atoms with Crippen LogP contribution in [0.25, 0.3) is 0 Å². The summed E-state index contributed by atoms with van der Waals surface area (Å²) in [5.41, 5.74) is -1.72. The number of hydrogen-bond donors (Lipinski definition) is 2. The van der Waals surface area contributed by atoms with Crippen molar-refractivity contribution in [2.75, 3.05) is 11.5 Å². The molecule has 0 aliphatic carbocycles. The van der Waals surface area contributed by atoms with E-state index in [0.717, 1.165) is 12.8 Å². The molecule has 0 aliphatic rings. The SMILES string of the molecule is CCCC(C)(C)C(P)(CS)C(C)(C)C(P)(CS)C(C)(C)C(F)(P)C(C)(C)C(C)(P)P. The van der Waals surface area contributed by atoms with Crippen LogP contribution in [0.15, 0.2) is 0 Å². The summed E-state index contributed by atoms with van der Waals surface area (Å²) in [6.07, 6.45) is 2.18. The molecule has 0 spiro atoms. The van der Waals surface area contributed by atoms with Crippen LogP contribution in [0.1, 0.15) is 82.1 Å². The summed E-state index contributed by atoms with van der Waals surface area (Å²) >= 11 is 9.73. The zero-order valence-electron chi connectivity index (χ0n) is 21.0. The van der Waals surface area contributed by atoms with E-state index in [1.165, 1.54) is 0 Å². The number of rotatable bonds is 11. The van der Waals surface area contributed by atoms with Gasteiger partial charge in [-0.05, 0) is 17.3 Å². The molecular formula is C22H50FP5S2. The van der Waals surface area contributed by atoms with E-state index in [9.17, 15) is 0 Å². The van der Waals surface area contributed by atoms with Gasteiger partial charge in [0.15, 0.2) is 0 Å².